The fraction of sp³-hybridized carbons (Fsp3) is 0.538. The van der Waals surface area contributed by atoms with Crippen molar-refractivity contribution in [3.63, 3.8) is 0 Å². The first-order valence-electron chi connectivity index (χ1n) is 5.61. The molecule has 1 unspecified atom stereocenters. The molecule has 1 aliphatic rings. The summed E-state index contributed by atoms with van der Waals surface area (Å²) in [6, 6.07) is 7.78. The SMILES string of the molecule is CC(C)Oc1ccc(C(O)C2CC2)cc1. The molecule has 15 heavy (non-hydrogen) atoms. The van der Waals surface area contributed by atoms with E-state index in [0.717, 1.165) is 24.2 Å². The standard InChI is InChI=1S/C13H18O2/c1-9(2)15-12-7-5-11(6-8-12)13(14)10-3-4-10/h5-10,13-14H,3-4H2,1-2H3. The fourth-order valence-corrected chi connectivity index (χ4v) is 1.70. The molecule has 1 aromatic carbocycles. The molecule has 1 saturated carbocycles. The summed E-state index contributed by atoms with van der Waals surface area (Å²) >= 11 is 0. The molecule has 0 aliphatic heterocycles. The molecule has 1 fully saturated rings. The van der Waals surface area contributed by atoms with Gasteiger partial charge >= 0.3 is 0 Å². The van der Waals surface area contributed by atoms with Crippen LogP contribution in [0.4, 0.5) is 0 Å². The molecule has 1 aliphatic carbocycles. The van der Waals surface area contributed by atoms with Crippen molar-refractivity contribution in [2.24, 2.45) is 5.92 Å². The summed E-state index contributed by atoms with van der Waals surface area (Å²) < 4.78 is 5.54. The Kier molecular flexibility index (Phi) is 2.96. The molecular weight excluding hydrogens is 188 g/mol. The van der Waals surface area contributed by atoms with Gasteiger partial charge in [-0.25, -0.2) is 0 Å². The first-order chi connectivity index (χ1) is 7.16. The monoisotopic (exact) mass is 206 g/mol. The van der Waals surface area contributed by atoms with E-state index in [1.807, 2.05) is 38.1 Å². The van der Waals surface area contributed by atoms with Gasteiger partial charge in [0, 0.05) is 0 Å². The van der Waals surface area contributed by atoms with E-state index in [9.17, 15) is 5.11 Å². The number of aliphatic hydroxyl groups is 1. The van der Waals surface area contributed by atoms with E-state index in [0.29, 0.717) is 5.92 Å². The van der Waals surface area contributed by atoms with E-state index in [2.05, 4.69) is 0 Å². The second-order valence-corrected chi connectivity index (χ2v) is 4.52. The number of benzene rings is 1. The summed E-state index contributed by atoms with van der Waals surface area (Å²) in [5, 5.41) is 9.89. The van der Waals surface area contributed by atoms with Crippen LogP contribution in [0.25, 0.3) is 0 Å². The Morgan fingerprint density at radius 2 is 1.80 bits per heavy atom. The lowest BCUT2D eigenvalue weighted by atomic mass is 10.1. The fourth-order valence-electron chi connectivity index (χ4n) is 1.70. The smallest absolute Gasteiger partial charge is 0.119 e. The van der Waals surface area contributed by atoms with Gasteiger partial charge in [-0.05, 0) is 50.3 Å². The van der Waals surface area contributed by atoms with E-state index >= 15 is 0 Å². The third-order valence-electron chi connectivity index (χ3n) is 2.66. The minimum absolute atomic E-state index is 0.198. The van der Waals surface area contributed by atoms with Crippen LogP contribution in [0.15, 0.2) is 24.3 Å². The van der Waals surface area contributed by atoms with Crippen LogP contribution < -0.4 is 4.74 Å². The molecule has 82 valence electrons. The minimum atomic E-state index is -0.280. The molecule has 0 bridgehead atoms. The average Bonchev–Trinajstić information content (AvgIpc) is 3.00. The number of hydrogen-bond donors (Lipinski definition) is 1. The van der Waals surface area contributed by atoms with E-state index in [1.54, 1.807) is 0 Å². The molecule has 0 heterocycles. The van der Waals surface area contributed by atoms with Crippen molar-refractivity contribution >= 4 is 0 Å². The third kappa shape index (κ3) is 2.72. The van der Waals surface area contributed by atoms with Crippen LogP contribution >= 0.6 is 0 Å². The van der Waals surface area contributed by atoms with E-state index in [4.69, 9.17) is 4.74 Å². The first kappa shape index (κ1) is 10.5. The number of rotatable bonds is 4. The highest BCUT2D eigenvalue weighted by Crippen LogP contribution is 2.41. The van der Waals surface area contributed by atoms with E-state index < -0.39 is 0 Å². The van der Waals surface area contributed by atoms with Crippen molar-refractivity contribution in [3.8, 4) is 5.75 Å². The van der Waals surface area contributed by atoms with Gasteiger partial charge < -0.3 is 9.84 Å². The number of hydrogen-bond acceptors (Lipinski definition) is 2. The highest BCUT2D eigenvalue weighted by Gasteiger charge is 2.30. The molecule has 1 aromatic rings. The zero-order chi connectivity index (χ0) is 10.8. The quantitative estimate of drug-likeness (QED) is 0.820. The largest absolute Gasteiger partial charge is 0.491 e. The first-order valence-corrected chi connectivity index (χ1v) is 5.61. The van der Waals surface area contributed by atoms with Gasteiger partial charge in [-0.2, -0.15) is 0 Å². The Labute approximate surface area is 90.9 Å². The lowest BCUT2D eigenvalue weighted by Gasteiger charge is -2.12. The maximum atomic E-state index is 9.89. The molecule has 0 aromatic heterocycles. The average molecular weight is 206 g/mol. The van der Waals surface area contributed by atoms with Gasteiger partial charge in [-0.3, -0.25) is 0 Å². The van der Waals surface area contributed by atoms with Gasteiger partial charge in [0.25, 0.3) is 0 Å². The Hall–Kier alpha value is -1.02. The molecule has 1 atom stereocenters. The normalized spacial score (nSPS) is 17.9. The lowest BCUT2D eigenvalue weighted by molar-refractivity contribution is 0.153. The second kappa shape index (κ2) is 4.23. The van der Waals surface area contributed by atoms with Gasteiger partial charge in [0.05, 0.1) is 12.2 Å². The number of aliphatic hydroxyl groups excluding tert-OH is 1. The Morgan fingerprint density at radius 1 is 1.20 bits per heavy atom. The molecule has 1 N–H and O–H groups in total. The van der Waals surface area contributed by atoms with Crippen molar-refractivity contribution < 1.29 is 9.84 Å². The van der Waals surface area contributed by atoms with Crippen LogP contribution in [-0.2, 0) is 0 Å². The Balaban J connectivity index is 2.02. The molecule has 2 rings (SSSR count). The Morgan fingerprint density at radius 3 is 2.27 bits per heavy atom. The van der Waals surface area contributed by atoms with E-state index in [-0.39, 0.29) is 12.2 Å². The van der Waals surface area contributed by atoms with Crippen LogP contribution in [0.2, 0.25) is 0 Å². The summed E-state index contributed by atoms with van der Waals surface area (Å²) in [6.07, 6.45) is 2.24. The summed E-state index contributed by atoms with van der Waals surface area (Å²) in [4.78, 5) is 0. The third-order valence-corrected chi connectivity index (χ3v) is 2.66. The van der Waals surface area contributed by atoms with Crippen LogP contribution in [0, 0.1) is 5.92 Å². The molecular formula is C13H18O2. The molecule has 0 spiro atoms. The van der Waals surface area contributed by atoms with E-state index in [1.165, 1.54) is 0 Å². The van der Waals surface area contributed by atoms with Crippen molar-refractivity contribution in [3.05, 3.63) is 29.8 Å². The van der Waals surface area contributed by atoms with Crippen molar-refractivity contribution in [2.75, 3.05) is 0 Å². The predicted molar refractivity (Wildman–Crippen MR) is 59.9 cm³/mol. The predicted octanol–water partition coefficient (Wildman–Crippen LogP) is 2.92. The summed E-state index contributed by atoms with van der Waals surface area (Å²) in [7, 11) is 0. The molecule has 2 heteroatoms. The highest BCUT2D eigenvalue weighted by atomic mass is 16.5. The van der Waals surface area contributed by atoms with Gasteiger partial charge in [-0.1, -0.05) is 12.1 Å². The molecule has 0 saturated heterocycles. The molecule has 2 nitrogen and oxygen atoms in total. The second-order valence-electron chi connectivity index (χ2n) is 4.52. The van der Waals surface area contributed by atoms with Crippen LogP contribution in [0.5, 0.6) is 5.75 Å². The topological polar surface area (TPSA) is 29.5 Å². The molecule has 0 radical (unpaired) electrons. The summed E-state index contributed by atoms with van der Waals surface area (Å²) in [5.41, 5.74) is 1.01. The summed E-state index contributed by atoms with van der Waals surface area (Å²) in [5.74, 6) is 1.36. The van der Waals surface area contributed by atoms with Crippen molar-refractivity contribution in [1.29, 1.82) is 0 Å². The van der Waals surface area contributed by atoms with Crippen molar-refractivity contribution in [1.82, 2.24) is 0 Å². The zero-order valence-electron chi connectivity index (χ0n) is 9.31. The van der Waals surface area contributed by atoms with Crippen LogP contribution in [0.1, 0.15) is 38.4 Å². The highest BCUT2D eigenvalue weighted by molar-refractivity contribution is 5.29. The van der Waals surface area contributed by atoms with Crippen LogP contribution in [0.3, 0.4) is 0 Å². The number of ether oxygens (including phenoxy) is 1. The van der Waals surface area contributed by atoms with Gasteiger partial charge in [-0.15, -0.1) is 0 Å². The van der Waals surface area contributed by atoms with Gasteiger partial charge in [0.1, 0.15) is 5.75 Å². The maximum absolute atomic E-state index is 9.89. The summed E-state index contributed by atoms with van der Waals surface area (Å²) in [6.45, 7) is 4.01. The lowest BCUT2D eigenvalue weighted by Crippen LogP contribution is -2.06. The Bertz CT molecular complexity index is 312. The maximum Gasteiger partial charge on any atom is 0.119 e. The van der Waals surface area contributed by atoms with Crippen molar-refractivity contribution in [2.45, 2.75) is 38.9 Å². The zero-order valence-corrected chi connectivity index (χ0v) is 9.31. The minimum Gasteiger partial charge on any atom is -0.491 e. The van der Waals surface area contributed by atoms with Gasteiger partial charge in [0.2, 0.25) is 0 Å². The van der Waals surface area contributed by atoms with Gasteiger partial charge in [0.15, 0.2) is 0 Å². The molecule has 0 amide bonds. The van der Waals surface area contributed by atoms with Crippen LogP contribution in [-0.4, -0.2) is 11.2 Å².